The van der Waals surface area contributed by atoms with Crippen LogP contribution in [0.15, 0.2) is 12.1 Å². The molecule has 1 amide bonds. The number of hydrogen-bond donors (Lipinski definition) is 3. The summed E-state index contributed by atoms with van der Waals surface area (Å²) >= 11 is 0. The number of hydrogen-bond acceptors (Lipinski definition) is 5. The lowest BCUT2D eigenvalue weighted by molar-refractivity contribution is 0.102. The van der Waals surface area contributed by atoms with E-state index in [1.807, 2.05) is 6.92 Å². The van der Waals surface area contributed by atoms with Crippen molar-refractivity contribution < 1.29 is 14.3 Å². The number of carbonyl (C=O) groups is 1. The average Bonchev–Trinajstić information content (AvgIpc) is 2.79. The second-order valence-electron chi connectivity index (χ2n) is 4.55. The fourth-order valence-electron chi connectivity index (χ4n) is 1.99. The highest BCUT2D eigenvalue weighted by molar-refractivity contribution is 6.09. The van der Waals surface area contributed by atoms with Crippen LogP contribution in [0, 0.1) is 13.8 Å². The molecule has 2 rings (SSSR count). The maximum atomic E-state index is 12.4. The maximum Gasteiger partial charge on any atom is 0.258 e. The molecule has 1 heterocycles. The van der Waals surface area contributed by atoms with E-state index in [0.717, 1.165) is 5.69 Å². The molecule has 0 fully saturated rings. The second kappa shape index (κ2) is 5.74. The molecular formula is C14H18N4O3. The molecule has 0 bridgehead atoms. The van der Waals surface area contributed by atoms with Crippen LogP contribution in [0.3, 0.4) is 0 Å². The van der Waals surface area contributed by atoms with Crippen LogP contribution in [0.1, 0.15) is 21.7 Å². The number of aromatic nitrogens is 2. The van der Waals surface area contributed by atoms with Gasteiger partial charge in [0.25, 0.3) is 5.91 Å². The van der Waals surface area contributed by atoms with E-state index in [1.165, 1.54) is 14.2 Å². The monoisotopic (exact) mass is 290 g/mol. The molecule has 7 heteroatoms. The average molecular weight is 290 g/mol. The first kappa shape index (κ1) is 14.7. The number of H-pyrrole nitrogens is 1. The molecule has 0 aliphatic rings. The van der Waals surface area contributed by atoms with Crippen molar-refractivity contribution in [2.24, 2.45) is 0 Å². The minimum Gasteiger partial charge on any atom is -0.497 e. The fourth-order valence-corrected chi connectivity index (χ4v) is 1.99. The van der Waals surface area contributed by atoms with Crippen LogP contribution >= 0.6 is 0 Å². The molecule has 1 aromatic heterocycles. The summed E-state index contributed by atoms with van der Waals surface area (Å²) in [6.45, 7) is 3.62. The van der Waals surface area contributed by atoms with Gasteiger partial charge in [-0.1, -0.05) is 0 Å². The second-order valence-corrected chi connectivity index (χ2v) is 4.55. The summed E-state index contributed by atoms with van der Waals surface area (Å²) in [6.07, 6.45) is 0. The van der Waals surface area contributed by atoms with E-state index in [2.05, 4.69) is 15.5 Å². The predicted molar refractivity (Wildman–Crippen MR) is 80.0 cm³/mol. The van der Waals surface area contributed by atoms with E-state index in [9.17, 15) is 4.79 Å². The van der Waals surface area contributed by atoms with Crippen molar-refractivity contribution in [2.45, 2.75) is 13.8 Å². The third kappa shape index (κ3) is 2.76. The van der Waals surface area contributed by atoms with Crippen LogP contribution < -0.4 is 20.5 Å². The van der Waals surface area contributed by atoms with Crippen LogP contribution in [-0.4, -0.2) is 30.3 Å². The van der Waals surface area contributed by atoms with Gasteiger partial charge in [0, 0.05) is 6.07 Å². The summed E-state index contributed by atoms with van der Waals surface area (Å²) in [5.41, 5.74) is 8.62. The summed E-state index contributed by atoms with van der Waals surface area (Å²) in [7, 11) is 2.99. The van der Waals surface area contributed by atoms with E-state index in [1.54, 1.807) is 19.1 Å². The Morgan fingerprint density at radius 2 is 2.00 bits per heavy atom. The number of rotatable bonds is 4. The van der Waals surface area contributed by atoms with Gasteiger partial charge in [-0.3, -0.25) is 9.89 Å². The number of methoxy groups -OCH3 is 2. The van der Waals surface area contributed by atoms with E-state index in [4.69, 9.17) is 15.2 Å². The zero-order chi connectivity index (χ0) is 15.6. The minimum atomic E-state index is -0.350. The lowest BCUT2D eigenvalue weighted by Crippen LogP contribution is -2.15. The highest BCUT2D eigenvalue weighted by atomic mass is 16.5. The molecule has 0 radical (unpaired) electrons. The van der Waals surface area contributed by atoms with Crippen molar-refractivity contribution in [3.63, 3.8) is 0 Å². The van der Waals surface area contributed by atoms with E-state index >= 15 is 0 Å². The number of nitrogens with zero attached hydrogens (tertiary/aromatic N) is 1. The van der Waals surface area contributed by atoms with Gasteiger partial charge in [-0.2, -0.15) is 5.10 Å². The highest BCUT2D eigenvalue weighted by Crippen LogP contribution is 2.31. The Kier molecular flexibility index (Phi) is 4.02. The summed E-state index contributed by atoms with van der Waals surface area (Å²) < 4.78 is 10.3. The highest BCUT2D eigenvalue weighted by Gasteiger charge is 2.18. The lowest BCUT2D eigenvalue weighted by Gasteiger charge is -2.13. The van der Waals surface area contributed by atoms with Gasteiger partial charge >= 0.3 is 0 Å². The molecule has 0 saturated carbocycles. The van der Waals surface area contributed by atoms with Gasteiger partial charge in [0.15, 0.2) is 0 Å². The van der Waals surface area contributed by atoms with Gasteiger partial charge in [0.05, 0.1) is 42.5 Å². The summed E-state index contributed by atoms with van der Waals surface area (Å²) in [4.78, 5) is 12.4. The molecule has 4 N–H and O–H groups in total. The summed E-state index contributed by atoms with van der Waals surface area (Å²) in [5, 5.41) is 9.63. The van der Waals surface area contributed by atoms with Crippen molar-refractivity contribution >= 4 is 17.3 Å². The molecule has 21 heavy (non-hydrogen) atoms. The largest absolute Gasteiger partial charge is 0.497 e. The van der Waals surface area contributed by atoms with Gasteiger partial charge in [0.2, 0.25) is 0 Å². The lowest BCUT2D eigenvalue weighted by atomic mass is 10.1. The Morgan fingerprint density at radius 3 is 2.52 bits per heavy atom. The van der Waals surface area contributed by atoms with Crippen LogP contribution in [-0.2, 0) is 0 Å². The number of aryl methyl sites for hydroxylation is 2. The van der Waals surface area contributed by atoms with E-state index < -0.39 is 0 Å². The molecule has 0 aliphatic carbocycles. The van der Waals surface area contributed by atoms with Crippen molar-refractivity contribution in [3.05, 3.63) is 29.1 Å². The molecule has 112 valence electrons. The number of carbonyl (C=O) groups excluding carboxylic acids is 1. The molecule has 0 saturated heterocycles. The van der Waals surface area contributed by atoms with Gasteiger partial charge in [0.1, 0.15) is 11.5 Å². The van der Waals surface area contributed by atoms with Gasteiger partial charge in [-0.15, -0.1) is 0 Å². The first-order valence-corrected chi connectivity index (χ1v) is 6.32. The van der Waals surface area contributed by atoms with Crippen molar-refractivity contribution in [1.82, 2.24) is 10.2 Å². The maximum absolute atomic E-state index is 12.4. The molecule has 0 atom stereocenters. The third-order valence-corrected chi connectivity index (χ3v) is 3.18. The Bertz CT molecular complexity index is 660. The Balaban J connectivity index is 2.39. The number of nitrogen functional groups attached to an aromatic ring is 1. The molecular weight excluding hydrogens is 272 g/mol. The number of ether oxygens (including phenoxy) is 2. The zero-order valence-electron chi connectivity index (χ0n) is 12.4. The van der Waals surface area contributed by atoms with Crippen molar-refractivity contribution in [2.75, 3.05) is 25.3 Å². The first-order chi connectivity index (χ1) is 9.97. The standard InChI is InChI=1S/C14H18N4O3/c1-7-13(8(2)18-17-7)16-14(19)10-5-9(20-3)6-11(21-4)12(10)15/h5-6H,15H2,1-4H3,(H,16,19)(H,17,18). The fraction of sp³-hybridized carbons (Fsp3) is 0.286. The number of nitrogens with one attached hydrogen (secondary N) is 2. The van der Waals surface area contributed by atoms with Gasteiger partial charge in [-0.05, 0) is 19.9 Å². The smallest absolute Gasteiger partial charge is 0.258 e. The normalized spacial score (nSPS) is 10.3. The summed E-state index contributed by atoms with van der Waals surface area (Å²) in [5.74, 6) is 0.532. The van der Waals surface area contributed by atoms with Crippen LogP contribution in [0.2, 0.25) is 0 Å². The van der Waals surface area contributed by atoms with Crippen LogP contribution in [0.4, 0.5) is 11.4 Å². The van der Waals surface area contributed by atoms with Gasteiger partial charge < -0.3 is 20.5 Å². The summed E-state index contributed by atoms with van der Waals surface area (Å²) in [6, 6.07) is 3.19. The molecule has 0 unspecified atom stereocenters. The van der Waals surface area contributed by atoms with Crippen LogP contribution in [0.25, 0.3) is 0 Å². The quantitative estimate of drug-likeness (QED) is 0.746. The number of benzene rings is 1. The number of anilines is 2. The third-order valence-electron chi connectivity index (χ3n) is 3.18. The van der Waals surface area contributed by atoms with Crippen LogP contribution in [0.5, 0.6) is 11.5 Å². The van der Waals surface area contributed by atoms with Crippen molar-refractivity contribution in [1.29, 1.82) is 0 Å². The van der Waals surface area contributed by atoms with Gasteiger partial charge in [-0.25, -0.2) is 0 Å². The first-order valence-electron chi connectivity index (χ1n) is 6.32. The van der Waals surface area contributed by atoms with Crippen molar-refractivity contribution in [3.8, 4) is 11.5 Å². The topological polar surface area (TPSA) is 102 Å². The molecule has 0 aliphatic heterocycles. The van der Waals surface area contributed by atoms with E-state index in [0.29, 0.717) is 22.9 Å². The SMILES string of the molecule is COc1cc(OC)c(N)c(C(=O)Nc2c(C)n[nH]c2C)c1. The Morgan fingerprint density at radius 1 is 1.29 bits per heavy atom. The Hall–Kier alpha value is -2.70. The Labute approximate surface area is 122 Å². The number of amides is 1. The van der Waals surface area contributed by atoms with E-state index in [-0.39, 0.29) is 17.2 Å². The zero-order valence-corrected chi connectivity index (χ0v) is 12.4. The molecule has 1 aromatic carbocycles. The minimum absolute atomic E-state index is 0.259. The number of aromatic amines is 1. The molecule has 2 aromatic rings. The number of nitrogens with two attached hydrogens (primary N) is 1. The molecule has 7 nitrogen and oxygen atoms in total. The molecule has 0 spiro atoms. The predicted octanol–water partition coefficient (Wildman–Crippen LogP) is 1.88.